The van der Waals surface area contributed by atoms with E-state index in [-0.39, 0.29) is 0 Å². The van der Waals surface area contributed by atoms with Crippen molar-refractivity contribution in [1.82, 2.24) is 4.98 Å². The fourth-order valence-corrected chi connectivity index (χ4v) is 3.20. The van der Waals surface area contributed by atoms with Crippen molar-refractivity contribution in [2.75, 3.05) is 0 Å². The van der Waals surface area contributed by atoms with Gasteiger partial charge in [-0.2, -0.15) is 0 Å². The molecule has 1 aromatic heterocycles. The number of nitrogens with zero attached hydrogens (tertiary/aromatic N) is 1. The third-order valence-corrected chi connectivity index (χ3v) is 4.18. The lowest BCUT2D eigenvalue weighted by atomic mass is 10.1. The first-order valence-electron chi connectivity index (χ1n) is 6.04. The molecular formula is C16H12ClNS. The highest BCUT2D eigenvalue weighted by atomic mass is 35.5. The lowest BCUT2D eigenvalue weighted by molar-refractivity contribution is 1.34. The minimum absolute atomic E-state index is 0.779. The zero-order chi connectivity index (χ0) is 13.1. The molecule has 0 saturated heterocycles. The second kappa shape index (κ2) is 5.64. The molecule has 0 fully saturated rings. The molecule has 0 spiro atoms. The van der Waals surface area contributed by atoms with Gasteiger partial charge in [-0.1, -0.05) is 41.9 Å². The van der Waals surface area contributed by atoms with Gasteiger partial charge in [0.15, 0.2) is 0 Å². The molecule has 0 radical (unpaired) electrons. The molecule has 0 aliphatic carbocycles. The van der Waals surface area contributed by atoms with Crippen LogP contribution in [-0.2, 0) is 5.75 Å². The topological polar surface area (TPSA) is 12.9 Å². The summed E-state index contributed by atoms with van der Waals surface area (Å²) in [7, 11) is 0. The van der Waals surface area contributed by atoms with E-state index in [1.165, 1.54) is 15.8 Å². The lowest BCUT2D eigenvalue weighted by Gasteiger charge is -2.05. The number of benzene rings is 2. The van der Waals surface area contributed by atoms with Crippen molar-refractivity contribution >= 4 is 34.3 Å². The van der Waals surface area contributed by atoms with Gasteiger partial charge in [0.1, 0.15) is 0 Å². The molecule has 1 heterocycles. The van der Waals surface area contributed by atoms with Gasteiger partial charge in [-0.05, 0) is 29.8 Å². The van der Waals surface area contributed by atoms with Crippen LogP contribution in [0.3, 0.4) is 0 Å². The molecule has 2 aromatic carbocycles. The van der Waals surface area contributed by atoms with Gasteiger partial charge in [0.25, 0.3) is 0 Å². The van der Waals surface area contributed by atoms with Gasteiger partial charge < -0.3 is 0 Å². The molecule has 0 bridgehead atoms. The first-order valence-corrected chi connectivity index (χ1v) is 7.40. The summed E-state index contributed by atoms with van der Waals surface area (Å²) in [5.74, 6) is 0.898. The maximum absolute atomic E-state index is 6.00. The molecule has 0 saturated carbocycles. The van der Waals surface area contributed by atoms with Crippen LogP contribution in [0.5, 0.6) is 0 Å². The number of hydrogen-bond donors (Lipinski definition) is 0. The molecule has 3 heteroatoms. The second-order valence-electron chi connectivity index (χ2n) is 4.24. The zero-order valence-electron chi connectivity index (χ0n) is 10.2. The Morgan fingerprint density at radius 3 is 2.74 bits per heavy atom. The highest BCUT2D eigenvalue weighted by Crippen LogP contribution is 2.27. The van der Waals surface area contributed by atoms with Crippen molar-refractivity contribution < 1.29 is 0 Å². The number of aromatic nitrogens is 1. The molecule has 3 rings (SSSR count). The largest absolute Gasteiger partial charge is 0.256 e. The fourth-order valence-electron chi connectivity index (χ4n) is 2.00. The van der Waals surface area contributed by atoms with Crippen LogP contribution in [0, 0.1) is 0 Å². The Morgan fingerprint density at radius 1 is 1.00 bits per heavy atom. The quantitative estimate of drug-likeness (QED) is 0.615. The van der Waals surface area contributed by atoms with Gasteiger partial charge in [0, 0.05) is 27.3 Å². The Kier molecular flexibility index (Phi) is 3.72. The van der Waals surface area contributed by atoms with Crippen LogP contribution in [0.1, 0.15) is 5.56 Å². The molecule has 0 atom stereocenters. The van der Waals surface area contributed by atoms with Gasteiger partial charge in [0.2, 0.25) is 0 Å². The summed E-state index contributed by atoms with van der Waals surface area (Å²) in [6.07, 6.45) is 1.84. The monoisotopic (exact) mass is 285 g/mol. The highest BCUT2D eigenvalue weighted by molar-refractivity contribution is 7.98. The van der Waals surface area contributed by atoms with Crippen LogP contribution in [-0.4, -0.2) is 4.98 Å². The smallest absolute Gasteiger partial charge is 0.0742 e. The number of fused-ring (bicyclic) bond motifs is 1. The van der Waals surface area contributed by atoms with Crippen molar-refractivity contribution in [3.8, 4) is 0 Å². The van der Waals surface area contributed by atoms with Crippen molar-refractivity contribution in [2.45, 2.75) is 10.6 Å². The zero-order valence-corrected chi connectivity index (χ0v) is 11.8. The molecule has 3 aromatic rings. The number of hydrogen-bond acceptors (Lipinski definition) is 2. The third kappa shape index (κ3) is 2.91. The van der Waals surface area contributed by atoms with Crippen molar-refractivity contribution in [2.24, 2.45) is 0 Å². The molecule has 0 aliphatic heterocycles. The molecule has 0 amide bonds. The van der Waals surface area contributed by atoms with Crippen LogP contribution in [0.25, 0.3) is 10.9 Å². The number of pyridine rings is 1. The van der Waals surface area contributed by atoms with Crippen molar-refractivity contribution in [3.05, 3.63) is 71.4 Å². The number of rotatable bonds is 3. The Hall–Kier alpha value is -1.51. The van der Waals surface area contributed by atoms with E-state index >= 15 is 0 Å². The van der Waals surface area contributed by atoms with E-state index in [1.807, 2.05) is 30.5 Å². The van der Waals surface area contributed by atoms with E-state index in [0.717, 1.165) is 16.3 Å². The Balaban J connectivity index is 1.86. The fraction of sp³-hybridized carbons (Fsp3) is 0.0625. The highest BCUT2D eigenvalue weighted by Gasteiger charge is 2.03. The number of halogens is 1. The summed E-state index contributed by atoms with van der Waals surface area (Å²) in [4.78, 5) is 5.65. The third-order valence-electron chi connectivity index (χ3n) is 2.91. The summed E-state index contributed by atoms with van der Waals surface area (Å²) in [5, 5.41) is 1.97. The molecule has 0 aliphatic rings. The number of para-hydroxylation sites is 1. The summed E-state index contributed by atoms with van der Waals surface area (Å²) in [6.45, 7) is 0. The van der Waals surface area contributed by atoms with E-state index in [9.17, 15) is 0 Å². The van der Waals surface area contributed by atoms with Gasteiger partial charge >= 0.3 is 0 Å². The van der Waals surface area contributed by atoms with Crippen LogP contribution in [0.2, 0.25) is 5.02 Å². The van der Waals surface area contributed by atoms with E-state index in [1.54, 1.807) is 11.8 Å². The van der Waals surface area contributed by atoms with Crippen LogP contribution in [0.4, 0.5) is 0 Å². The van der Waals surface area contributed by atoms with E-state index in [2.05, 4.69) is 35.3 Å². The molecule has 0 N–H and O–H groups in total. The van der Waals surface area contributed by atoms with Gasteiger partial charge in [-0.15, -0.1) is 11.8 Å². The Bertz CT molecular complexity index is 706. The van der Waals surface area contributed by atoms with Gasteiger partial charge in [-0.25, -0.2) is 0 Å². The van der Waals surface area contributed by atoms with E-state index in [4.69, 9.17) is 11.6 Å². The molecule has 94 valence electrons. The lowest BCUT2D eigenvalue weighted by Crippen LogP contribution is -1.86. The van der Waals surface area contributed by atoms with Crippen molar-refractivity contribution in [1.29, 1.82) is 0 Å². The van der Waals surface area contributed by atoms with Crippen LogP contribution >= 0.6 is 23.4 Å². The van der Waals surface area contributed by atoms with Crippen LogP contribution < -0.4 is 0 Å². The average Bonchev–Trinajstić information content (AvgIpc) is 2.45. The maximum Gasteiger partial charge on any atom is 0.0742 e. The van der Waals surface area contributed by atoms with E-state index in [0.29, 0.717) is 0 Å². The first-order chi connectivity index (χ1) is 9.33. The summed E-state index contributed by atoms with van der Waals surface area (Å²) < 4.78 is 0. The second-order valence-corrected chi connectivity index (χ2v) is 5.72. The Morgan fingerprint density at radius 2 is 1.84 bits per heavy atom. The molecule has 19 heavy (non-hydrogen) atoms. The predicted molar refractivity (Wildman–Crippen MR) is 82.8 cm³/mol. The van der Waals surface area contributed by atoms with Gasteiger partial charge in [0.05, 0.1) is 5.52 Å². The summed E-state index contributed by atoms with van der Waals surface area (Å²) in [5.41, 5.74) is 2.34. The average molecular weight is 286 g/mol. The first kappa shape index (κ1) is 12.5. The SMILES string of the molecule is Clc1cccc(SCc2cccc3cccnc23)c1. The van der Waals surface area contributed by atoms with Crippen LogP contribution in [0.15, 0.2) is 65.7 Å². The minimum atomic E-state index is 0.779. The molecule has 0 unspecified atom stereocenters. The predicted octanol–water partition coefficient (Wildman–Crippen LogP) is 5.18. The minimum Gasteiger partial charge on any atom is -0.256 e. The van der Waals surface area contributed by atoms with Crippen molar-refractivity contribution in [3.63, 3.8) is 0 Å². The standard InChI is InChI=1S/C16H12ClNS/c17-14-7-2-8-15(10-14)19-11-13-5-1-4-12-6-3-9-18-16(12)13/h1-10H,11H2. The number of thioether (sulfide) groups is 1. The summed E-state index contributed by atoms with van der Waals surface area (Å²) in [6, 6.07) is 18.3. The molecule has 1 nitrogen and oxygen atoms in total. The maximum atomic E-state index is 6.00. The normalized spacial score (nSPS) is 10.8. The molecular weight excluding hydrogens is 274 g/mol. The van der Waals surface area contributed by atoms with E-state index < -0.39 is 0 Å². The van der Waals surface area contributed by atoms with Gasteiger partial charge in [-0.3, -0.25) is 4.98 Å². The summed E-state index contributed by atoms with van der Waals surface area (Å²) >= 11 is 7.77. The Labute approximate surface area is 121 Å².